The Labute approximate surface area is 187 Å². The number of aromatic nitrogens is 2. The normalized spacial score (nSPS) is 13.0. The molecule has 0 radical (unpaired) electrons. The van der Waals surface area contributed by atoms with Crippen LogP contribution in [-0.2, 0) is 18.6 Å². The molecule has 1 aliphatic carbocycles. The van der Waals surface area contributed by atoms with E-state index in [9.17, 15) is 4.79 Å². The Hall–Kier alpha value is -2.28. The lowest BCUT2D eigenvalue weighted by Gasteiger charge is -2.13. The molecule has 0 amide bonds. The fourth-order valence-corrected chi connectivity index (χ4v) is 6.21. The van der Waals surface area contributed by atoms with Crippen LogP contribution < -0.4 is 10.3 Å². The highest BCUT2D eigenvalue weighted by Gasteiger charge is 2.24. The first kappa shape index (κ1) is 19.7. The molecule has 30 heavy (non-hydrogen) atoms. The molecule has 2 aromatic heterocycles. The van der Waals surface area contributed by atoms with Crippen molar-refractivity contribution >= 4 is 44.9 Å². The Kier molecular flexibility index (Phi) is 5.31. The van der Waals surface area contributed by atoms with E-state index in [1.807, 2.05) is 48.5 Å². The first-order valence-electron chi connectivity index (χ1n) is 9.73. The first-order valence-corrected chi connectivity index (χ1v) is 11.9. The van der Waals surface area contributed by atoms with Crippen molar-refractivity contribution in [2.75, 3.05) is 7.11 Å². The second-order valence-electron chi connectivity index (χ2n) is 7.19. The average Bonchev–Trinajstić information content (AvgIpc) is 3.34. The number of methoxy groups -OCH3 is 1. The molecule has 5 rings (SSSR count). The van der Waals surface area contributed by atoms with Gasteiger partial charge in [0, 0.05) is 15.7 Å². The predicted molar refractivity (Wildman–Crippen MR) is 125 cm³/mol. The van der Waals surface area contributed by atoms with Crippen molar-refractivity contribution in [1.29, 1.82) is 0 Å². The minimum absolute atomic E-state index is 0.0129. The fourth-order valence-electron chi connectivity index (χ4n) is 3.81. The molecular formula is C23H19ClN2O2S2. The monoisotopic (exact) mass is 454 g/mol. The number of nitrogens with zero attached hydrogens (tertiary/aromatic N) is 2. The number of fused-ring (bicyclic) bond motifs is 3. The van der Waals surface area contributed by atoms with E-state index in [0.29, 0.717) is 15.9 Å². The van der Waals surface area contributed by atoms with Gasteiger partial charge in [0.1, 0.15) is 10.6 Å². The molecule has 0 bridgehead atoms. The van der Waals surface area contributed by atoms with Gasteiger partial charge in [0.05, 0.1) is 18.2 Å². The van der Waals surface area contributed by atoms with Crippen molar-refractivity contribution in [3.8, 4) is 11.4 Å². The van der Waals surface area contributed by atoms with Crippen LogP contribution in [0.2, 0.25) is 5.02 Å². The number of thioether (sulfide) groups is 1. The third-order valence-corrected chi connectivity index (χ3v) is 7.77. The second kappa shape index (κ2) is 8.10. The molecule has 4 aromatic rings. The van der Waals surface area contributed by atoms with E-state index in [0.717, 1.165) is 46.5 Å². The summed E-state index contributed by atoms with van der Waals surface area (Å²) in [5.41, 5.74) is 3.14. The third-order valence-electron chi connectivity index (χ3n) is 5.32. The van der Waals surface area contributed by atoms with Gasteiger partial charge in [-0.3, -0.25) is 9.36 Å². The van der Waals surface area contributed by atoms with Crippen LogP contribution >= 0.6 is 34.7 Å². The van der Waals surface area contributed by atoms with Crippen molar-refractivity contribution in [1.82, 2.24) is 9.55 Å². The molecule has 0 N–H and O–H groups in total. The number of halogens is 1. The van der Waals surface area contributed by atoms with E-state index >= 15 is 0 Å². The number of hydrogen-bond donors (Lipinski definition) is 0. The average molecular weight is 455 g/mol. The largest absolute Gasteiger partial charge is 0.497 e. The lowest BCUT2D eigenvalue weighted by Crippen LogP contribution is -2.21. The van der Waals surface area contributed by atoms with Gasteiger partial charge in [-0.1, -0.05) is 35.5 Å². The second-order valence-corrected chi connectivity index (χ2v) is 9.65. The predicted octanol–water partition coefficient (Wildman–Crippen LogP) is 5.89. The quantitative estimate of drug-likeness (QED) is 0.278. The molecule has 0 saturated heterocycles. The van der Waals surface area contributed by atoms with Gasteiger partial charge in [0.2, 0.25) is 0 Å². The molecule has 0 atom stereocenters. The van der Waals surface area contributed by atoms with Crippen molar-refractivity contribution in [3.63, 3.8) is 0 Å². The Morgan fingerprint density at radius 1 is 1.13 bits per heavy atom. The topological polar surface area (TPSA) is 44.1 Å². The number of thiophene rings is 1. The lowest BCUT2D eigenvalue weighted by atomic mass is 10.2. The smallest absolute Gasteiger partial charge is 0.267 e. The molecule has 0 aliphatic heterocycles. The standard InChI is InChI=1S/C23H19ClN2O2S2/c1-28-17-11-5-14(6-12-17)13-29-23-25-21-20(18-3-2-4-19(18)30-21)22(27)26(23)16-9-7-15(24)8-10-16/h5-12H,2-4,13H2,1H3. The molecule has 4 nitrogen and oxygen atoms in total. The van der Waals surface area contributed by atoms with Gasteiger partial charge in [0.25, 0.3) is 5.56 Å². The highest BCUT2D eigenvalue weighted by molar-refractivity contribution is 7.98. The van der Waals surface area contributed by atoms with E-state index in [4.69, 9.17) is 21.3 Å². The number of rotatable bonds is 5. The molecule has 1 aliphatic rings. The first-order chi connectivity index (χ1) is 14.6. The Morgan fingerprint density at radius 2 is 1.90 bits per heavy atom. The lowest BCUT2D eigenvalue weighted by molar-refractivity contribution is 0.414. The van der Waals surface area contributed by atoms with Crippen LogP contribution in [0.1, 0.15) is 22.4 Å². The number of aryl methyl sites for hydroxylation is 2. The van der Waals surface area contributed by atoms with Crippen LogP contribution in [0.4, 0.5) is 0 Å². The van der Waals surface area contributed by atoms with E-state index < -0.39 is 0 Å². The summed E-state index contributed by atoms with van der Waals surface area (Å²) in [4.78, 5) is 20.7. The summed E-state index contributed by atoms with van der Waals surface area (Å²) in [6.45, 7) is 0. The summed E-state index contributed by atoms with van der Waals surface area (Å²) in [6, 6.07) is 15.3. The van der Waals surface area contributed by atoms with Gasteiger partial charge in [-0.05, 0) is 66.8 Å². The molecule has 2 aromatic carbocycles. The zero-order chi connectivity index (χ0) is 20.7. The third kappa shape index (κ3) is 3.53. The van der Waals surface area contributed by atoms with Crippen LogP contribution in [0.5, 0.6) is 5.75 Å². The molecule has 0 unspecified atom stereocenters. The Balaban J connectivity index is 1.60. The van der Waals surface area contributed by atoms with E-state index in [1.165, 1.54) is 10.4 Å². The SMILES string of the molecule is COc1ccc(CSc2nc3sc4c(c3c(=O)n2-c2ccc(Cl)cc2)CCC4)cc1. The molecule has 2 heterocycles. The summed E-state index contributed by atoms with van der Waals surface area (Å²) >= 11 is 9.32. The molecule has 7 heteroatoms. The summed E-state index contributed by atoms with van der Waals surface area (Å²) in [6.07, 6.45) is 3.13. The fraction of sp³-hybridized carbons (Fsp3) is 0.217. The minimum atomic E-state index is 0.0129. The van der Waals surface area contributed by atoms with Crippen LogP contribution in [-0.4, -0.2) is 16.7 Å². The molecule has 0 fully saturated rings. The molecule has 152 valence electrons. The van der Waals surface area contributed by atoms with Crippen LogP contribution in [0.15, 0.2) is 58.5 Å². The Morgan fingerprint density at radius 3 is 2.63 bits per heavy atom. The van der Waals surface area contributed by atoms with Gasteiger partial charge in [-0.2, -0.15) is 0 Å². The van der Waals surface area contributed by atoms with Crippen LogP contribution in [0.3, 0.4) is 0 Å². The van der Waals surface area contributed by atoms with Gasteiger partial charge >= 0.3 is 0 Å². The number of benzene rings is 2. The maximum atomic E-state index is 13.6. The Bertz CT molecular complexity index is 1280. The summed E-state index contributed by atoms with van der Waals surface area (Å²) in [5, 5.41) is 2.13. The van der Waals surface area contributed by atoms with E-state index in [2.05, 4.69) is 0 Å². The summed E-state index contributed by atoms with van der Waals surface area (Å²) < 4.78 is 6.97. The zero-order valence-corrected chi connectivity index (χ0v) is 18.7. The molecule has 0 saturated carbocycles. The zero-order valence-electron chi connectivity index (χ0n) is 16.4. The maximum Gasteiger partial charge on any atom is 0.267 e. The molecule has 0 spiro atoms. The highest BCUT2D eigenvalue weighted by Crippen LogP contribution is 2.36. The number of hydrogen-bond acceptors (Lipinski definition) is 5. The van der Waals surface area contributed by atoms with Crippen molar-refractivity contribution in [3.05, 3.63) is 79.9 Å². The van der Waals surface area contributed by atoms with Crippen molar-refractivity contribution in [2.45, 2.75) is 30.2 Å². The van der Waals surface area contributed by atoms with Gasteiger partial charge in [-0.15, -0.1) is 11.3 Å². The van der Waals surface area contributed by atoms with Crippen molar-refractivity contribution < 1.29 is 4.74 Å². The van der Waals surface area contributed by atoms with Gasteiger partial charge in [0.15, 0.2) is 5.16 Å². The van der Waals surface area contributed by atoms with Gasteiger partial charge < -0.3 is 4.74 Å². The highest BCUT2D eigenvalue weighted by atomic mass is 35.5. The van der Waals surface area contributed by atoms with Crippen LogP contribution in [0, 0.1) is 0 Å². The van der Waals surface area contributed by atoms with Crippen LogP contribution in [0.25, 0.3) is 15.9 Å². The summed E-state index contributed by atoms with van der Waals surface area (Å²) in [7, 11) is 1.66. The summed E-state index contributed by atoms with van der Waals surface area (Å²) in [5.74, 6) is 1.54. The maximum absolute atomic E-state index is 13.6. The number of ether oxygens (including phenoxy) is 1. The van der Waals surface area contributed by atoms with Crippen molar-refractivity contribution in [2.24, 2.45) is 0 Å². The van der Waals surface area contributed by atoms with E-state index in [1.54, 1.807) is 34.8 Å². The molecular weight excluding hydrogens is 436 g/mol. The van der Waals surface area contributed by atoms with E-state index in [-0.39, 0.29) is 5.56 Å². The van der Waals surface area contributed by atoms with Gasteiger partial charge in [-0.25, -0.2) is 4.98 Å². The minimum Gasteiger partial charge on any atom is -0.497 e.